The molecule has 0 saturated carbocycles. The maximum absolute atomic E-state index is 10.5. The zero-order chi connectivity index (χ0) is 14.7. The lowest BCUT2D eigenvalue weighted by atomic mass is 9.94. The number of hydrogen-bond donors (Lipinski definition) is 2. The van der Waals surface area contributed by atoms with E-state index in [4.69, 9.17) is 0 Å². The normalized spacial score (nSPS) is 20.0. The van der Waals surface area contributed by atoms with Crippen LogP contribution in [0.1, 0.15) is 36.0 Å². The first kappa shape index (κ1) is 15.3. The molecule has 3 rings (SSSR count). The van der Waals surface area contributed by atoms with Crippen LogP contribution in [0.15, 0.2) is 10.5 Å². The Bertz CT molecular complexity index is 498. The second-order valence-corrected chi connectivity index (χ2v) is 7.08. The monoisotopic (exact) mass is 352 g/mol. The highest BCUT2D eigenvalue weighted by atomic mass is 79.9. The average molecular weight is 353 g/mol. The van der Waals surface area contributed by atoms with Crippen LogP contribution in [0.25, 0.3) is 0 Å². The molecule has 0 aromatic heterocycles. The summed E-state index contributed by atoms with van der Waals surface area (Å²) in [7, 11) is 0. The van der Waals surface area contributed by atoms with E-state index in [1.54, 1.807) is 0 Å². The smallest absolute Gasteiger partial charge is 0.133 e. The Labute approximate surface area is 135 Å². The van der Waals surface area contributed by atoms with Gasteiger partial charge in [0.1, 0.15) is 5.75 Å². The van der Waals surface area contributed by atoms with E-state index >= 15 is 0 Å². The number of halogens is 1. The maximum atomic E-state index is 10.5. The predicted molar refractivity (Wildman–Crippen MR) is 90.1 cm³/mol. The van der Waals surface area contributed by atoms with Gasteiger partial charge in [-0.3, -0.25) is 0 Å². The molecule has 0 spiro atoms. The van der Waals surface area contributed by atoms with Gasteiger partial charge in [0, 0.05) is 32.7 Å². The minimum Gasteiger partial charge on any atom is -0.506 e. The van der Waals surface area contributed by atoms with Gasteiger partial charge in [-0.25, -0.2) is 0 Å². The zero-order valence-electron chi connectivity index (χ0n) is 12.6. The summed E-state index contributed by atoms with van der Waals surface area (Å²) in [5, 5.41) is 13.9. The summed E-state index contributed by atoms with van der Waals surface area (Å²) in [5.41, 5.74) is 4.08. The largest absolute Gasteiger partial charge is 0.506 e. The van der Waals surface area contributed by atoms with E-state index in [0.717, 1.165) is 56.5 Å². The SMILES string of the molecule is Oc1c(Br)cc2c(c1CCN1CCNCC1)CCCCC2. The molecule has 2 N–H and O–H groups in total. The molecule has 1 aliphatic heterocycles. The van der Waals surface area contributed by atoms with Crippen LogP contribution in [0.5, 0.6) is 5.75 Å². The van der Waals surface area contributed by atoms with Crippen LogP contribution in [0.3, 0.4) is 0 Å². The van der Waals surface area contributed by atoms with Crippen molar-refractivity contribution >= 4 is 15.9 Å². The Morgan fingerprint density at radius 2 is 1.90 bits per heavy atom. The van der Waals surface area contributed by atoms with E-state index < -0.39 is 0 Å². The van der Waals surface area contributed by atoms with Crippen LogP contribution in [-0.4, -0.2) is 42.7 Å². The van der Waals surface area contributed by atoms with Gasteiger partial charge >= 0.3 is 0 Å². The second kappa shape index (κ2) is 7.12. The number of rotatable bonds is 3. The number of benzene rings is 1. The summed E-state index contributed by atoms with van der Waals surface area (Å²) >= 11 is 3.54. The summed E-state index contributed by atoms with van der Waals surface area (Å²) in [6, 6.07) is 2.14. The minimum absolute atomic E-state index is 0.478. The molecule has 116 valence electrons. The molecule has 0 radical (unpaired) electrons. The Hall–Kier alpha value is -0.580. The molecule has 0 unspecified atom stereocenters. The van der Waals surface area contributed by atoms with E-state index in [2.05, 4.69) is 32.2 Å². The van der Waals surface area contributed by atoms with Crippen molar-refractivity contribution in [3.05, 3.63) is 27.2 Å². The number of phenols is 1. The number of phenolic OH excluding ortho intramolecular Hbond substituents is 1. The lowest BCUT2D eigenvalue weighted by Gasteiger charge is -2.28. The van der Waals surface area contributed by atoms with Crippen molar-refractivity contribution in [2.24, 2.45) is 0 Å². The van der Waals surface area contributed by atoms with Crippen LogP contribution in [-0.2, 0) is 19.3 Å². The highest BCUT2D eigenvalue weighted by Gasteiger charge is 2.19. The number of nitrogens with zero attached hydrogens (tertiary/aromatic N) is 1. The average Bonchev–Trinajstić information content (AvgIpc) is 2.74. The molecular formula is C17H25BrN2O. The zero-order valence-corrected chi connectivity index (χ0v) is 14.2. The topological polar surface area (TPSA) is 35.5 Å². The quantitative estimate of drug-likeness (QED) is 0.821. The van der Waals surface area contributed by atoms with Gasteiger partial charge in [0.25, 0.3) is 0 Å². The first-order chi connectivity index (χ1) is 10.3. The Kier molecular flexibility index (Phi) is 5.19. The van der Waals surface area contributed by atoms with Crippen LogP contribution in [0.4, 0.5) is 0 Å². The standard InChI is InChI=1S/C17H25BrN2O/c18-16-12-13-4-2-1-3-5-14(13)15(17(16)21)6-9-20-10-7-19-8-11-20/h12,19,21H,1-11H2. The fourth-order valence-electron chi connectivity index (χ4n) is 3.59. The Balaban J connectivity index is 1.80. The van der Waals surface area contributed by atoms with Crippen molar-refractivity contribution in [1.82, 2.24) is 10.2 Å². The van der Waals surface area contributed by atoms with Crippen molar-refractivity contribution < 1.29 is 5.11 Å². The minimum atomic E-state index is 0.478. The van der Waals surface area contributed by atoms with Gasteiger partial charge in [-0.15, -0.1) is 0 Å². The van der Waals surface area contributed by atoms with Crippen molar-refractivity contribution in [3.8, 4) is 5.75 Å². The van der Waals surface area contributed by atoms with E-state index in [-0.39, 0.29) is 0 Å². The molecule has 1 aromatic rings. The molecule has 1 aliphatic carbocycles. The molecule has 0 amide bonds. The molecule has 1 saturated heterocycles. The van der Waals surface area contributed by atoms with Crippen molar-refractivity contribution in [1.29, 1.82) is 0 Å². The molecule has 2 aliphatic rings. The number of hydrogen-bond acceptors (Lipinski definition) is 3. The summed E-state index contributed by atoms with van der Waals surface area (Å²) in [4.78, 5) is 2.50. The number of aromatic hydroxyl groups is 1. The number of nitrogens with one attached hydrogen (secondary N) is 1. The van der Waals surface area contributed by atoms with Gasteiger partial charge in [-0.2, -0.15) is 0 Å². The van der Waals surface area contributed by atoms with Crippen LogP contribution < -0.4 is 5.32 Å². The van der Waals surface area contributed by atoms with Crippen LogP contribution in [0, 0.1) is 0 Å². The molecule has 0 bridgehead atoms. The maximum Gasteiger partial charge on any atom is 0.133 e. The van der Waals surface area contributed by atoms with E-state index in [0.29, 0.717) is 5.75 Å². The van der Waals surface area contributed by atoms with Crippen LogP contribution >= 0.6 is 15.9 Å². The lowest BCUT2D eigenvalue weighted by molar-refractivity contribution is 0.243. The van der Waals surface area contributed by atoms with Gasteiger partial charge in [-0.1, -0.05) is 6.42 Å². The predicted octanol–water partition coefficient (Wildman–Crippen LogP) is 2.87. The van der Waals surface area contributed by atoms with Gasteiger partial charge in [0.05, 0.1) is 4.47 Å². The summed E-state index contributed by atoms with van der Waals surface area (Å²) in [6.07, 6.45) is 7.11. The third-order valence-corrected chi connectivity index (χ3v) is 5.43. The fourth-order valence-corrected chi connectivity index (χ4v) is 4.11. The lowest BCUT2D eigenvalue weighted by Crippen LogP contribution is -2.44. The van der Waals surface area contributed by atoms with Crippen molar-refractivity contribution in [2.45, 2.75) is 38.5 Å². The van der Waals surface area contributed by atoms with E-state index in [1.165, 1.54) is 36.0 Å². The summed E-state index contributed by atoms with van der Waals surface area (Å²) < 4.78 is 0.874. The third kappa shape index (κ3) is 3.61. The summed E-state index contributed by atoms with van der Waals surface area (Å²) in [6.45, 7) is 5.47. The molecule has 21 heavy (non-hydrogen) atoms. The van der Waals surface area contributed by atoms with Gasteiger partial charge < -0.3 is 15.3 Å². The van der Waals surface area contributed by atoms with Crippen molar-refractivity contribution in [3.63, 3.8) is 0 Å². The molecule has 1 aromatic carbocycles. The first-order valence-corrected chi connectivity index (χ1v) is 9.00. The fraction of sp³-hybridized carbons (Fsp3) is 0.647. The highest BCUT2D eigenvalue weighted by Crippen LogP contribution is 2.36. The van der Waals surface area contributed by atoms with Gasteiger partial charge in [0.2, 0.25) is 0 Å². The van der Waals surface area contributed by atoms with Gasteiger partial charge in [-0.05, 0) is 70.8 Å². The molecule has 4 heteroatoms. The first-order valence-electron chi connectivity index (χ1n) is 8.21. The Morgan fingerprint density at radius 1 is 1.14 bits per heavy atom. The van der Waals surface area contributed by atoms with Crippen LogP contribution in [0.2, 0.25) is 0 Å². The molecule has 0 atom stereocenters. The highest BCUT2D eigenvalue weighted by molar-refractivity contribution is 9.10. The molecule has 1 fully saturated rings. The summed E-state index contributed by atoms with van der Waals surface area (Å²) in [5.74, 6) is 0.478. The number of aryl methyl sites for hydroxylation is 1. The third-order valence-electron chi connectivity index (χ3n) is 4.83. The Morgan fingerprint density at radius 3 is 2.71 bits per heavy atom. The number of piperazine rings is 1. The van der Waals surface area contributed by atoms with E-state index in [1.807, 2.05) is 0 Å². The molecule has 1 heterocycles. The number of fused-ring (bicyclic) bond motifs is 1. The van der Waals surface area contributed by atoms with Crippen molar-refractivity contribution in [2.75, 3.05) is 32.7 Å². The van der Waals surface area contributed by atoms with E-state index in [9.17, 15) is 5.11 Å². The molecule has 3 nitrogen and oxygen atoms in total. The molecular weight excluding hydrogens is 328 g/mol. The van der Waals surface area contributed by atoms with Gasteiger partial charge in [0.15, 0.2) is 0 Å². The second-order valence-electron chi connectivity index (χ2n) is 6.23.